The average molecular weight is 604 g/mol. The molecule has 0 saturated carbocycles. The highest BCUT2D eigenvalue weighted by Crippen LogP contribution is 2.42. The zero-order chi connectivity index (χ0) is 32.1. The third-order valence-electron chi connectivity index (χ3n) is 8.33. The third-order valence-corrected chi connectivity index (χ3v) is 8.33. The summed E-state index contributed by atoms with van der Waals surface area (Å²) in [6.07, 6.45) is 1.50. The van der Waals surface area contributed by atoms with Crippen LogP contribution in [0.4, 0.5) is 0 Å². The summed E-state index contributed by atoms with van der Waals surface area (Å²) in [7, 11) is -0.624. The van der Waals surface area contributed by atoms with Crippen LogP contribution >= 0.6 is 0 Å². The summed E-state index contributed by atoms with van der Waals surface area (Å²) in [6, 6.07) is 20.2. The number of carbonyl (C=O) groups excluding carboxylic acids is 1. The van der Waals surface area contributed by atoms with E-state index >= 15 is 0 Å². The van der Waals surface area contributed by atoms with Crippen molar-refractivity contribution in [2.75, 3.05) is 0 Å². The van der Waals surface area contributed by atoms with Gasteiger partial charge in [-0.2, -0.15) is 5.10 Å². The van der Waals surface area contributed by atoms with Crippen molar-refractivity contribution in [1.29, 1.82) is 0 Å². The molecule has 1 saturated heterocycles. The van der Waals surface area contributed by atoms with Crippen LogP contribution in [0.3, 0.4) is 0 Å². The van der Waals surface area contributed by atoms with Gasteiger partial charge in [0.05, 0.1) is 23.0 Å². The Labute approximate surface area is 258 Å². The molecule has 11 heteroatoms. The van der Waals surface area contributed by atoms with Gasteiger partial charge in [0.2, 0.25) is 0 Å². The van der Waals surface area contributed by atoms with Crippen LogP contribution in [0.25, 0.3) is 33.4 Å². The van der Waals surface area contributed by atoms with E-state index in [0.717, 1.165) is 5.46 Å². The molecule has 2 heterocycles. The predicted octanol–water partition coefficient (Wildman–Crippen LogP) is 5.03. The van der Waals surface area contributed by atoms with Crippen LogP contribution in [-0.2, 0) is 9.31 Å². The van der Waals surface area contributed by atoms with Gasteiger partial charge in [-0.15, -0.1) is 0 Å². The normalized spacial score (nSPS) is 15.6. The van der Waals surface area contributed by atoms with Crippen molar-refractivity contribution in [3.63, 3.8) is 0 Å². The topological polar surface area (TPSA) is 148 Å². The van der Waals surface area contributed by atoms with E-state index in [4.69, 9.17) is 13.7 Å². The molecule has 3 aromatic rings. The Bertz CT molecular complexity index is 2030. The van der Waals surface area contributed by atoms with Gasteiger partial charge in [0.1, 0.15) is 17.1 Å². The van der Waals surface area contributed by atoms with Crippen LogP contribution in [0.2, 0.25) is 0 Å². The Kier molecular flexibility index (Phi) is 7.30. The molecule has 3 aromatic carbocycles. The van der Waals surface area contributed by atoms with Gasteiger partial charge in [-0.1, -0.05) is 24.3 Å². The number of benzene rings is 4. The van der Waals surface area contributed by atoms with Crippen LogP contribution in [-0.4, -0.2) is 46.6 Å². The second-order valence-electron chi connectivity index (χ2n) is 11.8. The van der Waals surface area contributed by atoms with Gasteiger partial charge >= 0.3 is 13.1 Å². The van der Waals surface area contributed by atoms with Gasteiger partial charge in [0.25, 0.3) is 5.91 Å². The van der Waals surface area contributed by atoms with E-state index in [1.807, 2.05) is 52.0 Å². The first-order chi connectivity index (χ1) is 21.3. The number of carboxylic acid groups (broad SMARTS) is 1. The molecule has 3 aliphatic rings. The summed E-state index contributed by atoms with van der Waals surface area (Å²) >= 11 is 0. The lowest BCUT2D eigenvalue weighted by molar-refractivity contribution is 0.00578. The number of rotatable bonds is 6. The number of aromatic hydroxyl groups is 1. The van der Waals surface area contributed by atoms with Gasteiger partial charge in [-0.05, 0) is 86.7 Å². The molecule has 226 valence electrons. The average Bonchev–Trinajstić information content (AvgIpc) is 3.21. The number of nitrogens with one attached hydrogen (secondary N) is 1. The van der Waals surface area contributed by atoms with Gasteiger partial charge < -0.3 is 23.9 Å². The summed E-state index contributed by atoms with van der Waals surface area (Å²) in [6.45, 7) is 7.87. The number of fused-ring (bicyclic) bond motifs is 2. The molecule has 3 N–H and O–H groups in total. The van der Waals surface area contributed by atoms with Gasteiger partial charge in [0.15, 0.2) is 5.43 Å². The summed E-state index contributed by atoms with van der Waals surface area (Å²) < 4.78 is 18.3. The number of hydrazone groups is 1. The van der Waals surface area contributed by atoms with Crippen LogP contribution in [0.15, 0.2) is 93.2 Å². The second kappa shape index (κ2) is 11.0. The minimum Gasteiger partial charge on any atom is -0.508 e. The Balaban J connectivity index is 1.36. The number of hydrogen-bond donors (Lipinski definition) is 3. The Morgan fingerprint density at radius 3 is 2.36 bits per heavy atom. The quantitative estimate of drug-likeness (QED) is 0.106. The van der Waals surface area contributed by atoms with Crippen molar-refractivity contribution in [2.24, 2.45) is 5.10 Å². The van der Waals surface area contributed by atoms with Gasteiger partial charge in [-0.25, -0.2) is 10.2 Å². The number of phenolic OH excluding ortho intramolecular Hbond substituents is 1. The number of phenols is 1. The molecule has 2 aliphatic heterocycles. The molecule has 1 amide bonds. The van der Waals surface area contributed by atoms with Crippen molar-refractivity contribution in [2.45, 2.75) is 38.9 Å². The SMILES string of the molecule is CC1(C)OB(c2ccccc2/C=N/NC(=O)c2ccc(C(=O)O)c(-c3c4ccc(=O)cc-4oc4cc(O)ccc34)c2)OC1(C)C. The molecule has 45 heavy (non-hydrogen) atoms. The lowest BCUT2D eigenvalue weighted by Crippen LogP contribution is -2.41. The molecular formula is C34H29BN2O8. The fourth-order valence-electron chi connectivity index (χ4n) is 5.27. The Morgan fingerprint density at radius 1 is 0.889 bits per heavy atom. The fourth-order valence-corrected chi connectivity index (χ4v) is 5.27. The van der Waals surface area contributed by atoms with E-state index in [-0.39, 0.29) is 39.2 Å². The van der Waals surface area contributed by atoms with E-state index in [2.05, 4.69) is 10.5 Å². The number of nitrogens with zero attached hydrogens (tertiary/aromatic N) is 1. The fraction of sp³-hybridized carbons (Fsp3) is 0.176. The highest BCUT2D eigenvalue weighted by Gasteiger charge is 2.52. The van der Waals surface area contributed by atoms with E-state index in [0.29, 0.717) is 22.1 Å². The summed E-state index contributed by atoms with van der Waals surface area (Å²) in [5, 5.41) is 24.8. The van der Waals surface area contributed by atoms with Crippen LogP contribution in [0.1, 0.15) is 54.0 Å². The zero-order valence-electron chi connectivity index (χ0n) is 25.0. The number of carbonyl (C=O) groups is 2. The number of hydrogen-bond acceptors (Lipinski definition) is 8. The Hall–Kier alpha value is -5.26. The first-order valence-electron chi connectivity index (χ1n) is 14.2. The molecule has 0 bridgehead atoms. The van der Waals surface area contributed by atoms with Crippen molar-refractivity contribution < 1.29 is 33.5 Å². The maximum absolute atomic E-state index is 13.3. The monoisotopic (exact) mass is 604 g/mol. The molecule has 0 radical (unpaired) electrons. The highest BCUT2D eigenvalue weighted by atomic mass is 16.7. The number of carboxylic acids is 1. The molecule has 1 aliphatic carbocycles. The van der Waals surface area contributed by atoms with E-state index in [1.54, 1.807) is 12.1 Å². The first kappa shape index (κ1) is 29.8. The zero-order valence-corrected chi connectivity index (χ0v) is 25.0. The number of amides is 1. The lowest BCUT2D eigenvalue weighted by Gasteiger charge is -2.32. The molecular weight excluding hydrogens is 575 g/mol. The molecule has 6 rings (SSSR count). The minimum absolute atomic E-state index is 0.0699. The molecule has 0 aromatic heterocycles. The minimum atomic E-state index is -1.21. The maximum Gasteiger partial charge on any atom is 0.495 e. The molecule has 0 unspecified atom stereocenters. The van der Waals surface area contributed by atoms with Gasteiger partial charge in [-0.3, -0.25) is 9.59 Å². The Morgan fingerprint density at radius 2 is 1.62 bits per heavy atom. The summed E-state index contributed by atoms with van der Waals surface area (Å²) in [5.41, 5.74) is 4.02. The summed E-state index contributed by atoms with van der Waals surface area (Å²) in [5.74, 6) is -1.66. The van der Waals surface area contributed by atoms with Crippen molar-refractivity contribution in [3.8, 4) is 28.2 Å². The third kappa shape index (κ3) is 5.48. The summed E-state index contributed by atoms with van der Waals surface area (Å²) in [4.78, 5) is 37.8. The van der Waals surface area contributed by atoms with Crippen molar-refractivity contribution in [1.82, 2.24) is 5.43 Å². The van der Waals surface area contributed by atoms with Crippen LogP contribution in [0.5, 0.6) is 5.75 Å². The second-order valence-corrected chi connectivity index (χ2v) is 11.8. The lowest BCUT2D eigenvalue weighted by atomic mass is 9.76. The van der Waals surface area contributed by atoms with E-state index in [9.17, 15) is 24.6 Å². The largest absolute Gasteiger partial charge is 0.508 e. The predicted molar refractivity (Wildman–Crippen MR) is 170 cm³/mol. The number of aromatic carboxylic acids is 1. The van der Waals surface area contributed by atoms with Crippen molar-refractivity contribution >= 4 is 41.6 Å². The van der Waals surface area contributed by atoms with Crippen LogP contribution < -0.4 is 16.3 Å². The first-order valence-corrected chi connectivity index (χ1v) is 14.2. The van der Waals surface area contributed by atoms with Gasteiger partial charge in [0, 0.05) is 34.2 Å². The molecule has 0 spiro atoms. The van der Waals surface area contributed by atoms with E-state index in [1.165, 1.54) is 48.7 Å². The maximum atomic E-state index is 13.3. The highest BCUT2D eigenvalue weighted by molar-refractivity contribution is 6.63. The molecule has 0 atom stereocenters. The molecule has 10 nitrogen and oxygen atoms in total. The van der Waals surface area contributed by atoms with E-state index < -0.39 is 30.2 Å². The smallest absolute Gasteiger partial charge is 0.495 e. The molecule has 1 fully saturated rings. The van der Waals surface area contributed by atoms with Crippen molar-refractivity contribution in [3.05, 3.63) is 106 Å². The standard InChI is InChI=1S/C34H29BN2O8/c1-33(2)34(3,4)45-35(44-33)27-8-6-5-7-20(27)18-36-37-31(40)19-9-12-23(32(41)42)26(15-19)30-24-13-10-21(38)16-28(24)43-29-17-22(39)11-14-25(29)30/h5-18,38H,1-4H3,(H,37,40)(H,41,42)/b36-18+. The van der Waals surface area contributed by atoms with Crippen LogP contribution in [0, 0.1) is 0 Å².